The molecule has 3 nitrogen and oxygen atoms in total. The second kappa shape index (κ2) is 5.51. The van der Waals surface area contributed by atoms with Gasteiger partial charge in [-0.25, -0.2) is 12.7 Å². The quantitative estimate of drug-likeness (QED) is 0.718. The summed E-state index contributed by atoms with van der Waals surface area (Å²) in [5, 5.41) is 0. The molecule has 0 aromatic rings. The van der Waals surface area contributed by atoms with Crippen LogP contribution in [0.5, 0.6) is 0 Å². The fraction of sp³-hybridized carbons (Fsp3) is 1.00. The summed E-state index contributed by atoms with van der Waals surface area (Å²) in [6.45, 7) is 5.66. The van der Waals surface area contributed by atoms with Crippen molar-refractivity contribution in [2.45, 2.75) is 26.7 Å². The Morgan fingerprint density at radius 1 is 1.33 bits per heavy atom. The molecule has 1 fully saturated rings. The first kappa shape index (κ1) is 13.3. The van der Waals surface area contributed by atoms with E-state index in [4.69, 9.17) is 11.6 Å². The summed E-state index contributed by atoms with van der Waals surface area (Å²) in [7, 11) is -3.05. The third-order valence-corrected chi connectivity index (χ3v) is 5.42. The zero-order valence-electron chi connectivity index (χ0n) is 9.45. The van der Waals surface area contributed by atoms with Gasteiger partial charge in [-0.1, -0.05) is 13.8 Å². The summed E-state index contributed by atoms with van der Waals surface area (Å²) < 4.78 is 25.4. The topological polar surface area (TPSA) is 37.4 Å². The Balaban J connectivity index is 2.57. The summed E-state index contributed by atoms with van der Waals surface area (Å²) in [6.07, 6.45) is 1.52. The van der Waals surface area contributed by atoms with Gasteiger partial charge in [0.25, 0.3) is 0 Å². The average Bonchev–Trinajstić information content (AvgIpc) is 2.19. The van der Waals surface area contributed by atoms with Crippen LogP contribution in [-0.4, -0.2) is 37.4 Å². The summed E-state index contributed by atoms with van der Waals surface area (Å²) in [4.78, 5) is 0. The molecule has 2 atom stereocenters. The number of halogens is 1. The largest absolute Gasteiger partial charge is 0.214 e. The Morgan fingerprint density at radius 3 is 2.53 bits per heavy atom. The first-order valence-electron chi connectivity index (χ1n) is 5.51. The lowest BCUT2D eigenvalue weighted by atomic mass is 9.90. The molecule has 1 aliphatic heterocycles. The molecule has 0 aromatic carbocycles. The maximum absolute atomic E-state index is 11.9. The third-order valence-electron chi connectivity index (χ3n) is 3.23. The molecule has 0 N–H and O–H groups in total. The van der Waals surface area contributed by atoms with Gasteiger partial charge in [0.1, 0.15) is 0 Å². The lowest BCUT2D eigenvalue weighted by molar-refractivity contribution is 0.212. The van der Waals surface area contributed by atoms with Crippen LogP contribution in [-0.2, 0) is 10.0 Å². The Morgan fingerprint density at radius 2 is 2.00 bits per heavy atom. The van der Waals surface area contributed by atoms with Gasteiger partial charge in [0.15, 0.2) is 0 Å². The molecule has 0 aromatic heterocycles. The molecule has 0 aliphatic carbocycles. The second-order valence-electron chi connectivity index (χ2n) is 4.46. The Kier molecular flexibility index (Phi) is 4.87. The molecule has 1 saturated heterocycles. The average molecular weight is 254 g/mol. The van der Waals surface area contributed by atoms with Crippen LogP contribution < -0.4 is 0 Å². The third kappa shape index (κ3) is 3.61. The van der Waals surface area contributed by atoms with Crippen LogP contribution in [0.4, 0.5) is 0 Å². The van der Waals surface area contributed by atoms with Crippen molar-refractivity contribution in [1.82, 2.24) is 4.31 Å². The molecule has 15 heavy (non-hydrogen) atoms. The van der Waals surface area contributed by atoms with Crippen molar-refractivity contribution in [3.05, 3.63) is 0 Å². The number of nitrogens with zero attached hydrogens (tertiary/aromatic N) is 1. The van der Waals surface area contributed by atoms with Crippen molar-refractivity contribution < 1.29 is 8.42 Å². The van der Waals surface area contributed by atoms with E-state index in [-0.39, 0.29) is 5.75 Å². The number of hydrogen-bond acceptors (Lipinski definition) is 2. The number of sulfonamides is 1. The normalized spacial score (nSPS) is 29.3. The van der Waals surface area contributed by atoms with E-state index < -0.39 is 10.0 Å². The molecule has 0 spiro atoms. The molecule has 0 saturated carbocycles. The van der Waals surface area contributed by atoms with Gasteiger partial charge in [-0.15, -0.1) is 11.6 Å². The zero-order chi connectivity index (χ0) is 11.5. The van der Waals surface area contributed by atoms with E-state index in [1.165, 1.54) is 0 Å². The summed E-state index contributed by atoms with van der Waals surface area (Å²) >= 11 is 5.52. The Labute approximate surface area is 97.8 Å². The van der Waals surface area contributed by atoms with Gasteiger partial charge < -0.3 is 0 Å². The van der Waals surface area contributed by atoms with Gasteiger partial charge in [0, 0.05) is 19.0 Å². The lowest BCUT2D eigenvalue weighted by Gasteiger charge is -2.34. The van der Waals surface area contributed by atoms with Crippen LogP contribution in [0.25, 0.3) is 0 Å². The van der Waals surface area contributed by atoms with E-state index in [9.17, 15) is 8.42 Å². The fourth-order valence-corrected chi connectivity index (χ4v) is 3.75. The SMILES string of the molecule is CC1CCN(S(=O)(=O)CCCCl)CC1C. The highest BCUT2D eigenvalue weighted by atomic mass is 35.5. The van der Waals surface area contributed by atoms with Crippen molar-refractivity contribution >= 4 is 21.6 Å². The molecule has 5 heteroatoms. The van der Waals surface area contributed by atoms with Crippen LogP contribution in [0.15, 0.2) is 0 Å². The maximum atomic E-state index is 11.9. The summed E-state index contributed by atoms with van der Waals surface area (Å²) in [5.41, 5.74) is 0. The predicted molar refractivity (Wildman–Crippen MR) is 63.6 cm³/mol. The van der Waals surface area contributed by atoms with Crippen LogP contribution in [0.2, 0.25) is 0 Å². The van der Waals surface area contributed by atoms with Crippen molar-refractivity contribution in [3.8, 4) is 0 Å². The minimum atomic E-state index is -3.05. The van der Waals surface area contributed by atoms with Crippen LogP contribution in [0, 0.1) is 11.8 Å². The minimum absolute atomic E-state index is 0.192. The van der Waals surface area contributed by atoms with Crippen molar-refractivity contribution in [2.24, 2.45) is 11.8 Å². The fourth-order valence-electron chi connectivity index (χ4n) is 1.84. The standard InChI is InChI=1S/C10H20ClNO2S/c1-9-4-6-12(8-10(9)2)15(13,14)7-3-5-11/h9-10H,3-8H2,1-2H3. The van der Waals surface area contributed by atoms with Gasteiger partial charge in [-0.05, 0) is 24.7 Å². The number of alkyl halides is 1. The van der Waals surface area contributed by atoms with Gasteiger partial charge in [-0.3, -0.25) is 0 Å². The molecular formula is C10H20ClNO2S. The zero-order valence-corrected chi connectivity index (χ0v) is 11.0. The molecule has 90 valence electrons. The number of piperidine rings is 1. The smallest absolute Gasteiger partial charge is 0.212 e. The van der Waals surface area contributed by atoms with Crippen molar-refractivity contribution in [2.75, 3.05) is 24.7 Å². The molecule has 0 radical (unpaired) electrons. The van der Waals surface area contributed by atoms with Crippen LogP contribution in [0.3, 0.4) is 0 Å². The highest BCUT2D eigenvalue weighted by Gasteiger charge is 2.29. The predicted octanol–water partition coefficient (Wildman–Crippen LogP) is 1.92. The molecular weight excluding hydrogens is 234 g/mol. The van der Waals surface area contributed by atoms with E-state index in [0.717, 1.165) is 6.42 Å². The van der Waals surface area contributed by atoms with E-state index in [1.807, 2.05) is 0 Å². The second-order valence-corrected chi connectivity index (χ2v) is 6.93. The van der Waals surface area contributed by atoms with Crippen molar-refractivity contribution in [3.63, 3.8) is 0 Å². The van der Waals surface area contributed by atoms with Gasteiger partial charge in [-0.2, -0.15) is 0 Å². The molecule has 1 heterocycles. The minimum Gasteiger partial charge on any atom is -0.212 e. The van der Waals surface area contributed by atoms with Crippen LogP contribution >= 0.6 is 11.6 Å². The lowest BCUT2D eigenvalue weighted by Crippen LogP contribution is -2.43. The van der Waals surface area contributed by atoms with Gasteiger partial charge in [0.2, 0.25) is 10.0 Å². The summed E-state index contributed by atoms with van der Waals surface area (Å²) in [6, 6.07) is 0. The van der Waals surface area contributed by atoms with E-state index >= 15 is 0 Å². The van der Waals surface area contributed by atoms with Crippen molar-refractivity contribution in [1.29, 1.82) is 0 Å². The molecule has 0 bridgehead atoms. The maximum Gasteiger partial charge on any atom is 0.214 e. The Bertz CT molecular complexity index is 292. The molecule has 1 aliphatic rings. The number of rotatable bonds is 4. The first-order chi connectivity index (χ1) is 6.97. The summed E-state index contributed by atoms with van der Waals surface area (Å²) in [5.74, 6) is 1.70. The van der Waals surface area contributed by atoms with E-state index in [0.29, 0.717) is 37.2 Å². The van der Waals surface area contributed by atoms with Crippen LogP contribution in [0.1, 0.15) is 26.7 Å². The van der Waals surface area contributed by atoms with E-state index in [2.05, 4.69) is 13.8 Å². The molecule has 0 amide bonds. The van der Waals surface area contributed by atoms with Gasteiger partial charge in [0.05, 0.1) is 5.75 Å². The molecule has 1 rings (SSSR count). The highest BCUT2D eigenvalue weighted by Crippen LogP contribution is 2.24. The van der Waals surface area contributed by atoms with E-state index in [1.54, 1.807) is 4.31 Å². The molecule has 2 unspecified atom stereocenters. The van der Waals surface area contributed by atoms with Gasteiger partial charge >= 0.3 is 0 Å². The highest BCUT2D eigenvalue weighted by molar-refractivity contribution is 7.89. The first-order valence-corrected chi connectivity index (χ1v) is 7.65. The monoisotopic (exact) mass is 253 g/mol. The Hall–Kier alpha value is 0.200. The number of hydrogen-bond donors (Lipinski definition) is 0.